The van der Waals surface area contributed by atoms with E-state index < -0.39 is 5.97 Å². The number of ether oxygens (including phenoxy) is 1. The molecule has 0 saturated heterocycles. The molecule has 34 heavy (non-hydrogen) atoms. The molecular formula is C27H33N3O4. The van der Waals surface area contributed by atoms with Crippen molar-refractivity contribution in [3.8, 4) is 0 Å². The number of aromatic amines is 2. The second-order valence-corrected chi connectivity index (χ2v) is 7.76. The summed E-state index contributed by atoms with van der Waals surface area (Å²) in [4.78, 5) is 40.9. The van der Waals surface area contributed by atoms with Gasteiger partial charge < -0.3 is 14.7 Å². The Balaban J connectivity index is 0.000000171. The number of esters is 1. The van der Waals surface area contributed by atoms with Crippen LogP contribution in [0.5, 0.6) is 0 Å². The average Bonchev–Trinajstić information content (AvgIpc) is 3.52. The van der Waals surface area contributed by atoms with Gasteiger partial charge in [0.2, 0.25) is 0 Å². The van der Waals surface area contributed by atoms with E-state index in [2.05, 4.69) is 68.2 Å². The number of fused-ring (bicyclic) bond motifs is 3. The van der Waals surface area contributed by atoms with E-state index >= 15 is 0 Å². The van der Waals surface area contributed by atoms with Crippen molar-refractivity contribution in [3.05, 3.63) is 67.3 Å². The molecular weight excluding hydrogens is 430 g/mol. The monoisotopic (exact) mass is 463 g/mol. The summed E-state index contributed by atoms with van der Waals surface area (Å²) in [6.07, 6.45) is 10.2. The van der Waals surface area contributed by atoms with Crippen molar-refractivity contribution in [1.29, 1.82) is 0 Å². The maximum atomic E-state index is 10.5. The molecule has 0 amide bonds. The van der Waals surface area contributed by atoms with E-state index in [0.717, 1.165) is 25.7 Å². The summed E-state index contributed by atoms with van der Waals surface area (Å²) in [6.45, 7) is 3.40. The fraction of sp³-hybridized carbons (Fsp3) is 0.333. The first-order valence-electron chi connectivity index (χ1n) is 11.6. The number of carbonyl (C=O) groups is 3. The second-order valence-electron chi connectivity index (χ2n) is 7.76. The molecule has 5 rings (SSSR count). The summed E-state index contributed by atoms with van der Waals surface area (Å²) in [5.74, 6) is -0.135. The van der Waals surface area contributed by atoms with Crippen molar-refractivity contribution >= 4 is 39.3 Å². The van der Waals surface area contributed by atoms with Crippen LogP contribution >= 0.6 is 0 Å². The molecule has 0 unspecified atom stereocenters. The highest BCUT2D eigenvalue weighted by atomic mass is 16.5. The lowest BCUT2D eigenvalue weighted by atomic mass is 10.00. The van der Waals surface area contributed by atoms with Gasteiger partial charge in [-0.05, 0) is 38.8 Å². The van der Waals surface area contributed by atoms with E-state index in [0.29, 0.717) is 12.4 Å². The van der Waals surface area contributed by atoms with Gasteiger partial charge in [0.05, 0.1) is 12.9 Å². The number of carbonyl (C=O) groups excluding carboxylic acids is 3. The first kappa shape index (κ1) is 26.5. The molecule has 7 heteroatoms. The predicted molar refractivity (Wildman–Crippen MR) is 134 cm³/mol. The lowest BCUT2D eigenvalue weighted by molar-refractivity contribution is -0.145. The molecule has 2 aromatic carbocycles. The number of H-pyrrole nitrogens is 2. The van der Waals surface area contributed by atoms with E-state index in [1.54, 1.807) is 25.6 Å². The normalized spacial score (nSPS) is 12.4. The average molecular weight is 464 g/mol. The zero-order valence-electron chi connectivity index (χ0n) is 19.9. The fourth-order valence-corrected chi connectivity index (χ4v) is 3.38. The van der Waals surface area contributed by atoms with Gasteiger partial charge >= 0.3 is 5.97 Å². The van der Waals surface area contributed by atoms with E-state index in [9.17, 15) is 14.4 Å². The summed E-state index contributed by atoms with van der Waals surface area (Å²) in [5.41, 5.74) is 2.42. The van der Waals surface area contributed by atoms with Crippen molar-refractivity contribution in [2.24, 2.45) is 0 Å². The zero-order valence-corrected chi connectivity index (χ0v) is 19.9. The van der Waals surface area contributed by atoms with E-state index in [4.69, 9.17) is 0 Å². The smallest absolute Gasteiger partial charge is 0.313 e. The summed E-state index contributed by atoms with van der Waals surface area (Å²) in [7, 11) is 0. The Morgan fingerprint density at radius 2 is 1.53 bits per heavy atom. The standard InChI is InChI=1S/C12H9N.C6H10O3.C6H10O.C3H4N2/c1-3-7-11-9(5-1)10-6-2-4-8-12(10)13-11;1-3-9-6(8)4-5(2)7;7-6-4-2-1-3-5-6;1-2-5-3-4-1/h1-8,13H;3-4H2,1-2H3;1-5H2;1-3H,(H,4,5). The third-order valence-electron chi connectivity index (χ3n) is 4.93. The summed E-state index contributed by atoms with van der Waals surface area (Å²) >= 11 is 0. The third kappa shape index (κ3) is 9.81. The van der Waals surface area contributed by atoms with Crippen molar-refractivity contribution in [1.82, 2.24) is 15.0 Å². The molecule has 7 nitrogen and oxygen atoms in total. The number of aromatic nitrogens is 3. The number of hydrogen-bond donors (Lipinski definition) is 2. The van der Waals surface area contributed by atoms with Crippen LogP contribution in [0, 0.1) is 0 Å². The highest BCUT2D eigenvalue weighted by Crippen LogP contribution is 2.24. The third-order valence-corrected chi connectivity index (χ3v) is 4.93. The molecule has 0 spiro atoms. The topological polar surface area (TPSA) is 105 Å². The van der Waals surface area contributed by atoms with Crippen LogP contribution < -0.4 is 0 Å². The van der Waals surface area contributed by atoms with Gasteiger partial charge in [0.1, 0.15) is 18.0 Å². The van der Waals surface area contributed by atoms with Gasteiger partial charge in [-0.3, -0.25) is 14.4 Å². The number of imidazole rings is 1. The van der Waals surface area contributed by atoms with Crippen LogP contribution in [0.1, 0.15) is 52.4 Å². The number of para-hydroxylation sites is 2. The van der Waals surface area contributed by atoms with Gasteiger partial charge in [0, 0.05) is 47.0 Å². The Bertz CT molecular complexity index is 1070. The van der Waals surface area contributed by atoms with Crippen LogP contribution in [-0.4, -0.2) is 39.1 Å². The van der Waals surface area contributed by atoms with Crippen molar-refractivity contribution in [2.75, 3.05) is 6.61 Å². The van der Waals surface area contributed by atoms with Crippen molar-refractivity contribution < 1.29 is 19.1 Å². The minimum absolute atomic E-state index is 0.103. The Labute approximate surface area is 199 Å². The van der Waals surface area contributed by atoms with E-state index in [1.807, 2.05) is 0 Å². The van der Waals surface area contributed by atoms with Gasteiger partial charge in [-0.15, -0.1) is 0 Å². The maximum Gasteiger partial charge on any atom is 0.313 e. The first-order chi connectivity index (χ1) is 16.5. The molecule has 1 saturated carbocycles. The minimum atomic E-state index is -0.440. The fourth-order valence-electron chi connectivity index (χ4n) is 3.38. The Hall–Kier alpha value is -3.74. The van der Waals surface area contributed by atoms with Crippen LogP contribution in [0.4, 0.5) is 0 Å². The molecule has 0 bridgehead atoms. The summed E-state index contributed by atoms with van der Waals surface area (Å²) in [6, 6.07) is 16.8. The van der Waals surface area contributed by atoms with Gasteiger partial charge in [-0.2, -0.15) is 0 Å². The van der Waals surface area contributed by atoms with Crippen LogP contribution in [0.2, 0.25) is 0 Å². The Morgan fingerprint density at radius 3 is 1.91 bits per heavy atom. The largest absolute Gasteiger partial charge is 0.466 e. The summed E-state index contributed by atoms with van der Waals surface area (Å²) in [5, 5.41) is 2.61. The van der Waals surface area contributed by atoms with Gasteiger partial charge in [-0.25, -0.2) is 4.98 Å². The number of nitrogens with zero attached hydrogens (tertiary/aromatic N) is 1. The first-order valence-corrected chi connectivity index (χ1v) is 11.6. The highest BCUT2D eigenvalue weighted by molar-refractivity contribution is 6.06. The quantitative estimate of drug-likeness (QED) is 0.296. The summed E-state index contributed by atoms with van der Waals surface area (Å²) < 4.78 is 4.49. The molecule has 1 aliphatic carbocycles. The van der Waals surface area contributed by atoms with Crippen LogP contribution in [0.15, 0.2) is 67.3 Å². The van der Waals surface area contributed by atoms with Gasteiger partial charge in [0.15, 0.2) is 0 Å². The number of benzene rings is 2. The molecule has 1 fully saturated rings. The number of ketones is 2. The molecule has 2 heterocycles. The van der Waals surface area contributed by atoms with Gasteiger partial charge in [-0.1, -0.05) is 42.8 Å². The van der Waals surface area contributed by atoms with Crippen LogP contribution in [0.3, 0.4) is 0 Å². The highest BCUT2D eigenvalue weighted by Gasteiger charge is 2.06. The lowest BCUT2D eigenvalue weighted by Gasteiger charge is -2.05. The SMILES string of the molecule is CCOC(=O)CC(C)=O.O=C1CCCCC1.c1c[nH]cn1.c1ccc2c(c1)[nH]c1ccccc12. The van der Waals surface area contributed by atoms with Gasteiger partial charge in [0.25, 0.3) is 0 Å². The van der Waals surface area contributed by atoms with Crippen molar-refractivity contribution in [3.63, 3.8) is 0 Å². The van der Waals surface area contributed by atoms with Crippen LogP contribution in [-0.2, 0) is 19.1 Å². The molecule has 0 radical (unpaired) electrons. The minimum Gasteiger partial charge on any atom is -0.466 e. The number of nitrogens with one attached hydrogen (secondary N) is 2. The van der Waals surface area contributed by atoms with Crippen LogP contribution in [0.25, 0.3) is 21.8 Å². The van der Waals surface area contributed by atoms with Crippen molar-refractivity contribution in [2.45, 2.75) is 52.4 Å². The zero-order chi connectivity index (χ0) is 24.6. The number of hydrogen-bond acceptors (Lipinski definition) is 5. The predicted octanol–water partition coefficient (Wildman–Crippen LogP) is 5.78. The molecule has 2 N–H and O–H groups in total. The molecule has 0 aliphatic heterocycles. The van der Waals surface area contributed by atoms with E-state index in [-0.39, 0.29) is 12.2 Å². The van der Waals surface area contributed by atoms with E-state index in [1.165, 1.54) is 35.2 Å². The molecule has 2 aromatic heterocycles. The second kappa shape index (κ2) is 15.2. The molecule has 0 atom stereocenters. The lowest BCUT2D eigenvalue weighted by Crippen LogP contribution is -2.07. The Morgan fingerprint density at radius 1 is 0.941 bits per heavy atom. The maximum absolute atomic E-state index is 10.5. The molecule has 4 aromatic rings. The number of rotatable bonds is 3. The molecule has 180 valence electrons. The Kier molecular flexibility index (Phi) is 11.8. The molecule has 1 aliphatic rings. The number of Topliss-reactive ketones (excluding diaryl/α,β-unsaturated/α-hetero) is 2.